The van der Waals surface area contributed by atoms with Gasteiger partial charge < -0.3 is 23.6 Å². The van der Waals surface area contributed by atoms with Gasteiger partial charge in [0.15, 0.2) is 17.3 Å². The Bertz CT molecular complexity index is 1740. The number of amides is 1. The number of carbonyl (C=O) groups is 1. The fourth-order valence-corrected chi connectivity index (χ4v) is 6.19. The lowest BCUT2D eigenvalue weighted by Gasteiger charge is -2.33. The first-order valence-corrected chi connectivity index (χ1v) is 14.4. The number of nitrogens with zero attached hydrogens (tertiary/aromatic N) is 5. The highest BCUT2D eigenvalue weighted by Gasteiger charge is 2.30. The van der Waals surface area contributed by atoms with E-state index >= 15 is 0 Å². The average Bonchev–Trinajstić information content (AvgIpc) is 3.70. The number of hydrogen-bond acceptors (Lipinski definition) is 10. The topological polar surface area (TPSA) is 131 Å². The van der Waals surface area contributed by atoms with Crippen LogP contribution in [-0.2, 0) is 17.7 Å². The summed E-state index contributed by atoms with van der Waals surface area (Å²) in [6.45, 7) is 8.31. The molecule has 5 heterocycles. The summed E-state index contributed by atoms with van der Waals surface area (Å²) in [4.78, 5) is 47.3. The molecule has 13 heteroatoms. The van der Waals surface area contributed by atoms with Crippen molar-refractivity contribution in [3.63, 3.8) is 0 Å². The molecular weight excluding hydrogens is 550 g/mol. The highest BCUT2D eigenvalue weighted by molar-refractivity contribution is 7.22. The molecule has 12 nitrogen and oxygen atoms in total. The van der Waals surface area contributed by atoms with Crippen molar-refractivity contribution in [2.45, 2.75) is 65.1 Å². The van der Waals surface area contributed by atoms with Gasteiger partial charge in [-0.1, -0.05) is 12.1 Å². The van der Waals surface area contributed by atoms with Crippen molar-refractivity contribution in [1.29, 1.82) is 0 Å². The summed E-state index contributed by atoms with van der Waals surface area (Å²) in [5.74, 6) is 2.11. The molecule has 3 aromatic heterocycles. The number of hydrogen-bond donors (Lipinski definition) is 0. The molecule has 0 spiro atoms. The van der Waals surface area contributed by atoms with E-state index in [4.69, 9.17) is 18.7 Å². The van der Waals surface area contributed by atoms with Crippen LogP contribution in [0.3, 0.4) is 0 Å². The molecule has 2 aliphatic rings. The Morgan fingerprint density at radius 3 is 2.59 bits per heavy atom. The quantitative estimate of drug-likeness (QED) is 0.340. The highest BCUT2D eigenvalue weighted by Crippen LogP contribution is 2.39. The molecule has 216 valence electrons. The molecular formula is C28H31N5O7S. The maximum absolute atomic E-state index is 14.0. The lowest BCUT2D eigenvalue weighted by Crippen LogP contribution is -2.47. The van der Waals surface area contributed by atoms with Gasteiger partial charge in [-0.15, -0.1) is 11.3 Å². The summed E-state index contributed by atoms with van der Waals surface area (Å²) in [5, 5.41) is 3.96. The first kappa shape index (κ1) is 27.1. The van der Waals surface area contributed by atoms with Crippen LogP contribution in [0, 0.1) is 0 Å². The minimum Gasteiger partial charge on any atom is -0.454 e. The molecule has 0 unspecified atom stereocenters. The zero-order chi connectivity index (χ0) is 28.9. The van der Waals surface area contributed by atoms with Crippen LogP contribution in [-0.4, -0.2) is 55.8 Å². The van der Waals surface area contributed by atoms with E-state index in [1.807, 2.05) is 52.0 Å². The van der Waals surface area contributed by atoms with Crippen molar-refractivity contribution in [1.82, 2.24) is 24.2 Å². The summed E-state index contributed by atoms with van der Waals surface area (Å²) in [5.41, 5.74) is -0.0723. The summed E-state index contributed by atoms with van der Waals surface area (Å²) < 4.78 is 25.2. The van der Waals surface area contributed by atoms with Gasteiger partial charge in [0.2, 0.25) is 12.7 Å². The maximum Gasteiger partial charge on any atom is 0.410 e. The van der Waals surface area contributed by atoms with Crippen molar-refractivity contribution in [2.24, 2.45) is 0 Å². The standard InChI is InChI=1S/C28H31N5O7S/c1-5-22-29-23(40-30-22)14-32-18-13-21(16-6-7-19-20(12-16)38-15-37-19)41-24(18)25(34)33(26(32)35)17-8-10-31(11-9-17)27(36)39-28(2,3)4/h6-7,12-13,17H,5,8-11,14-15H2,1-4H3. The van der Waals surface area contributed by atoms with E-state index in [0.717, 1.165) is 10.4 Å². The zero-order valence-electron chi connectivity index (χ0n) is 23.3. The monoisotopic (exact) mass is 581 g/mol. The van der Waals surface area contributed by atoms with Gasteiger partial charge in [-0.2, -0.15) is 4.98 Å². The summed E-state index contributed by atoms with van der Waals surface area (Å²) in [7, 11) is 0. The fourth-order valence-electron chi connectivity index (χ4n) is 5.10. The van der Waals surface area contributed by atoms with E-state index in [-0.39, 0.29) is 30.8 Å². The van der Waals surface area contributed by atoms with Crippen LogP contribution in [0.1, 0.15) is 58.3 Å². The smallest absolute Gasteiger partial charge is 0.410 e. The number of aryl methyl sites for hydroxylation is 1. The molecule has 41 heavy (non-hydrogen) atoms. The van der Waals surface area contributed by atoms with E-state index in [0.29, 0.717) is 59.9 Å². The van der Waals surface area contributed by atoms with Crippen LogP contribution in [0.2, 0.25) is 0 Å². The number of carbonyl (C=O) groups excluding carboxylic acids is 1. The van der Waals surface area contributed by atoms with Gasteiger partial charge in [0.05, 0.1) is 5.52 Å². The second-order valence-corrected chi connectivity index (χ2v) is 12.1. The van der Waals surface area contributed by atoms with Gasteiger partial charge in [0, 0.05) is 30.4 Å². The van der Waals surface area contributed by atoms with Crippen molar-refractivity contribution in [3.8, 4) is 21.9 Å². The van der Waals surface area contributed by atoms with Gasteiger partial charge in [-0.3, -0.25) is 13.9 Å². The summed E-state index contributed by atoms with van der Waals surface area (Å²) in [6.07, 6.45) is 1.09. The third-order valence-electron chi connectivity index (χ3n) is 7.11. The molecule has 0 saturated carbocycles. The molecule has 1 fully saturated rings. The number of fused-ring (bicyclic) bond motifs is 2. The van der Waals surface area contributed by atoms with Crippen LogP contribution in [0.25, 0.3) is 20.7 Å². The fraction of sp³-hybridized carbons (Fsp3) is 0.464. The number of likely N-dealkylation sites (tertiary alicyclic amines) is 1. The minimum atomic E-state index is -0.606. The normalized spacial score (nSPS) is 15.6. The zero-order valence-corrected chi connectivity index (χ0v) is 24.2. The summed E-state index contributed by atoms with van der Waals surface area (Å²) >= 11 is 1.31. The molecule has 0 bridgehead atoms. The Morgan fingerprint density at radius 1 is 1.12 bits per heavy atom. The van der Waals surface area contributed by atoms with Gasteiger partial charge >= 0.3 is 11.8 Å². The number of thiophene rings is 1. The van der Waals surface area contributed by atoms with Crippen LogP contribution in [0.4, 0.5) is 4.79 Å². The molecule has 4 aromatic rings. The van der Waals surface area contributed by atoms with Crippen LogP contribution in [0.15, 0.2) is 38.4 Å². The molecule has 0 radical (unpaired) electrons. The number of aromatic nitrogens is 4. The second kappa shape index (κ2) is 10.4. The van der Waals surface area contributed by atoms with E-state index in [1.54, 1.807) is 4.90 Å². The van der Waals surface area contributed by atoms with Crippen molar-refractivity contribution in [3.05, 3.63) is 56.8 Å². The first-order chi connectivity index (χ1) is 19.6. The van der Waals surface area contributed by atoms with Crippen molar-refractivity contribution in [2.75, 3.05) is 19.9 Å². The predicted molar refractivity (Wildman–Crippen MR) is 151 cm³/mol. The molecule has 1 aromatic carbocycles. The molecule has 0 aliphatic carbocycles. The van der Waals surface area contributed by atoms with E-state index in [9.17, 15) is 14.4 Å². The predicted octanol–water partition coefficient (Wildman–Crippen LogP) is 4.19. The van der Waals surface area contributed by atoms with Crippen LogP contribution < -0.4 is 20.7 Å². The van der Waals surface area contributed by atoms with Crippen molar-refractivity contribution < 1.29 is 23.5 Å². The Labute approximate surface area is 239 Å². The van der Waals surface area contributed by atoms with Gasteiger partial charge in [-0.05, 0) is 63.4 Å². The summed E-state index contributed by atoms with van der Waals surface area (Å²) in [6, 6.07) is 7.06. The third kappa shape index (κ3) is 5.21. The van der Waals surface area contributed by atoms with Crippen molar-refractivity contribution >= 4 is 27.6 Å². The number of piperidine rings is 1. The Balaban J connectivity index is 1.40. The minimum absolute atomic E-state index is 0.0245. The average molecular weight is 582 g/mol. The van der Waals surface area contributed by atoms with E-state index in [2.05, 4.69) is 10.1 Å². The van der Waals surface area contributed by atoms with E-state index in [1.165, 1.54) is 20.5 Å². The highest BCUT2D eigenvalue weighted by atomic mass is 32.1. The number of rotatable bonds is 5. The Kier molecular flexibility index (Phi) is 6.84. The van der Waals surface area contributed by atoms with Gasteiger partial charge in [-0.25, -0.2) is 9.59 Å². The molecule has 1 amide bonds. The molecule has 0 atom stereocenters. The lowest BCUT2D eigenvalue weighted by molar-refractivity contribution is 0.0186. The third-order valence-corrected chi connectivity index (χ3v) is 8.27. The van der Waals surface area contributed by atoms with Crippen LogP contribution >= 0.6 is 11.3 Å². The first-order valence-electron chi connectivity index (χ1n) is 13.6. The molecule has 1 saturated heterocycles. The SMILES string of the molecule is CCc1noc(Cn2c(=O)n(C3CCN(C(=O)OC(C)(C)C)CC3)c(=O)c3sc(-c4ccc5c(c4)OCO5)cc32)n1. The molecule has 0 N–H and O–H groups in total. The maximum atomic E-state index is 14.0. The Hall–Kier alpha value is -4.13. The number of benzene rings is 1. The van der Waals surface area contributed by atoms with Gasteiger partial charge in [0.25, 0.3) is 5.56 Å². The second-order valence-electron chi connectivity index (χ2n) is 11.1. The molecule has 2 aliphatic heterocycles. The molecule has 6 rings (SSSR count). The largest absolute Gasteiger partial charge is 0.454 e. The van der Waals surface area contributed by atoms with Gasteiger partial charge in [0.1, 0.15) is 16.8 Å². The number of ether oxygens (including phenoxy) is 3. The Morgan fingerprint density at radius 2 is 1.88 bits per heavy atom. The lowest BCUT2D eigenvalue weighted by atomic mass is 10.1. The van der Waals surface area contributed by atoms with E-state index < -0.39 is 17.4 Å². The van der Waals surface area contributed by atoms with Crippen LogP contribution in [0.5, 0.6) is 11.5 Å².